The predicted octanol–water partition coefficient (Wildman–Crippen LogP) is 2.07. The molecule has 1 aliphatic rings. The molecule has 0 radical (unpaired) electrons. The van der Waals surface area contributed by atoms with Crippen LogP contribution < -0.4 is 11.1 Å². The maximum atomic E-state index is 13.3. The highest BCUT2D eigenvalue weighted by molar-refractivity contribution is 9.10. The summed E-state index contributed by atoms with van der Waals surface area (Å²) in [6.07, 6.45) is 0.587. The van der Waals surface area contributed by atoms with Crippen molar-refractivity contribution in [2.24, 2.45) is 16.3 Å². The van der Waals surface area contributed by atoms with Gasteiger partial charge in [-0.1, -0.05) is 5.16 Å². The van der Waals surface area contributed by atoms with Crippen molar-refractivity contribution in [3.63, 3.8) is 0 Å². The zero-order valence-corrected chi connectivity index (χ0v) is 12.7. The van der Waals surface area contributed by atoms with Crippen LogP contribution in [0.1, 0.15) is 12.8 Å². The number of amidine groups is 1. The Morgan fingerprint density at radius 1 is 1.48 bits per heavy atom. The first-order chi connectivity index (χ1) is 9.99. The quantitative estimate of drug-likeness (QED) is 0.333. The van der Waals surface area contributed by atoms with E-state index in [9.17, 15) is 9.18 Å². The smallest absolute Gasteiger partial charge is 0.238 e. The lowest BCUT2D eigenvalue weighted by molar-refractivity contribution is -0.126. The number of nitrogens with zero attached hydrogens (tertiary/aromatic N) is 1. The number of carbonyl (C=O) groups excluding carboxylic acids is 1. The van der Waals surface area contributed by atoms with Crippen molar-refractivity contribution in [2.75, 3.05) is 18.5 Å². The summed E-state index contributed by atoms with van der Waals surface area (Å²) in [5.41, 5.74) is 4.84. The van der Waals surface area contributed by atoms with Gasteiger partial charge >= 0.3 is 0 Å². The minimum absolute atomic E-state index is 0.171. The van der Waals surface area contributed by atoms with E-state index < -0.39 is 17.1 Å². The molecule has 0 unspecified atom stereocenters. The van der Waals surface area contributed by atoms with Crippen molar-refractivity contribution >= 4 is 33.4 Å². The van der Waals surface area contributed by atoms with Crippen LogP contribution in [0.4, 0.5) is 10.1 Å². The van der Waals surface area contributed by atoms with E-state index in [4.69, 9.17) is 15.7 Å². The average molecular weight is 360 g/mol. The average Bonchev–Trinajstić information content (AvgIpc) is 2.50. The standard InChI is InChI=1S/C13H15BrFN3O3/c14-9-2-1-8(15)7-10(9)17-12(19)13(11(16)18-20)3-5-21-6-4-13/h1-2,7,20H,3-6H2,(H2,16,18)(H,17,19). The van der Waals surface area contributed by atoms with Crippen molar-refractivity contribution in [3.05, 3.63) is 28.5 Å². The molecule has 0 atom stereocenters. The van der Waals surface area contributed by atoms with E-state index in [-0.39, 0.29) is 11.5 Å². The number of nitrogens with two attached hydrogens (primary N) is 1. The Morgan fingerprint density at radius 2 is 2.14 bits per heavy atom. The number of hydrogen-bond acceptors (Lipinski definition) is 4. The van der Waals surface area contributed by atoms with Crippen LogP contribution in [0.2, 0.25) is 0 Å². The predicted molar refractivity (Wildman–Crippen MR) is 78.6 cm³/mol. The molecule has 0 saturated carbocycles. The highest BCUT2D eigenvalue weighted by atomic mass is 79.9. The van der Waals surface area contributed by atoms with Crippen molar-refractivity contribution in [1.82, 2.24) is 0 Å². The molecule has 8 heteroatoms. The van der Waals surface area contributed by atoms with Crippen LogP contribution in [-0.4, -0.2) is 30.2 Å². The summed E-state index contributed by atoms with van der Waals surface area (Å²) in [7, 11) is 0. The van der Waals surface area contributed by atoms with Crippen LogP contribution in [0.3, 0.4) is 0 Å². The lowest BCUT2D eigenvalue weighted by Gasteiger charge is -2.34. The van der Waals surface area contributed by atoms with Gasteiger partial charge in [-0.25, -0.2) is 4.39 Å². The van der Waals surface area contributed by atoms with Crippen LogP contribution in [0.5, 0.6) is 0 Å². The number of amides is 1. The molecule has 1 aliphatic heterocycles. The maximum absolute atomic E-state index is 13.3. The molecule has 6 nitrogen and oxygen atoms in total. The van der Waals surface area contributed by atoms with Crippen molar-refractivity contribution < 1.29 is 19.1 Å². The van der Waals surface area contributed by atoms with E-state index >= 15 is 0 Å². The first kappa shape index (κ1) is 15.7. The molecule has 1 amide bonds. The van der Waals surface area contributed by atoms with Crippen LogP contribution in [0.25, 0.3) is 0 Å². The minimum Gasteiger partial charge on any atom is -0.409 e. The summed E-state index contributed by atoms with van der Waals surface area (Å²) >= 11 is 3.24. The van der Waals surface area contributed by atoms with E-state index in [1.807, 2.05) is 0 Å². The zero-order valence-electron chi connectivity index (χ0n) is 11.1. The lowest BCUT2D eigenvalue weighted by Crippen LogP contribution is -2.50. The Balaban J connectivity index is 2.29. The molecule has 1 saturated heterocycles. The van der Waals surface area contributed by atoms with Gasteiger partial charge in [0.05, 0.1) is 5.69 Å². The van der Waals surface area contributed by atoms with Crippen LogP contribution in [0.15, 0.2) is 27.8 Å². The van der Waals surface area contributed by atoms with Crippen LogP contribution in [0, 0.1) is 11.2 Å². The molecule has 114 valence electrons. The molecule has 4 N–H and O–H groups in total. The monoisotopic (exact) mass is 359 g/mol. The first-order valence-corrected chi connectivity index (χ1v) is 7.11. The van der Waals surface area contributed by atoms with Gasteiger partial charge in [-0.2, -0.15) is 0 Å². The summed E-state index contributed by atoms with van der Waals surface area (Å²) in [6.45, 7) is 0.655. The molecule has 1 fully saturated rings. The van der Waals surface area contributed by atoms with Gasteiger partial charge in [0.25, 0.3) is 0 Å². The van der Waals surface area contributed by atoms with Gasteiger partial charge < -0.3 is 21.0 Å². The highest BCUT2D eigenvalue weighted by Crippen LogP contribution is 2.33. The molecule has 1 aromatic carbocycles. The van der Waals surface area contributed by atoms with Crippen LogP contribution in [-0.2, 0) is 9.53 Å². The number of nitrogens with one attached hydrogen (secondary N) is 1. The van der Waals surface area contributed by atoms with Gasteiger partial charge in [0.1, 0.15) is 11.2 Å². The Labute approximate surface area is 129 Å². The Morgan fingerprint density at radius 3 is 2.76 bits per heavy atom. The summed E-state index contributed by atoms with van der Waals surface area (Å²) in [5.74, 6) is -1.10. The number of rotatable bonds is 3. The zero-order chi connectivity index (χ0) is 15.5. The summed E-state index contributed by atoms with van der Waals surface area (Å²) < 4.78 is 19.0. The van der Waals surface area contributed by atoms with E-state index in [1.165, 1.54) is 18.2 Å². The number of halogens is 2. The second-order valence-corrected chi connectivity index (χ2v) is 5.61. The second kappa shape index (κ2) is 6.40. The van der Waals surface area contributed by atoms with E-state index in [0.717, 1.165) is 0 Å². The Hall–Kier alpha value is -1.67. The molecule has 1 heterocycles. The fourth-order valence-corrected chi connectivity index (χ4v) is 2.60. The molecule has 0 spiro atoms. The maximum Gasteiger partial charge on any atom is 0.238 e. The summed E-state index contributed by atoms with van der Waals surface area (Å²) in [6, 6.07) is 3.96. The number of anilines is 1. The van der Waals surface area contributed by atoms with Crippen molar-refractivity contribution in [3.8, 4) is 0 Å². The lowest BCUT2D eigenvalue weighted by atomic mass is 9.78. The summed E-state index contributed by atoms with van der Waals surface area (Å²) in [5, 5.41) is 14.5. The second-order valence-electron chi connectivity index (χ2n) is 4.76. The van der Waals surface area contributed by atoms with E-state index in [1.54, 1.807) is 0 Å². The third kappa shape index (κ3) is 3.16. The molecule has 21 heavy (non-hydrogen) atoms. The number of ether oxygens (including phenoxy) is 1. The Bertz CT molecular complexity index is 574. The molecule has 0 bridgehead atoms. The highest BCUT2D eigenvalue weighted by Gasteiger charge is 2.44. The fourth-order valence-electron chi connectivity index (χ4n) is 2.25. The summed E-state index contributed by atoms with van der Waals surface area (Å²) in [4.78, 5) is 12.6. The van der Waals surface area contributed by atoms with E-state index in [2.05, 4.69) is 26.4 Å². The number of oxime groups is 1. The molecule has 2 rings (SSSR count). The number of benzene rings is 1. The van der Waals surface area contributed by atoms with Gasteiger partial charge in [-0.15, -0.1) is 0 Å². The van der Waals surface area contributed by atoms with Gasteiger partial charge in [0.2, 0.25) is 5.91 Å². The largest absolute Gasteiger partial charge is 0.409 e. The first-order valence-electron chi connectivity index (χ1n) is 6.32. The number of carbonyl (C=O) groups is 1. The van der Waals surface area contributed by atoms with Gasteiger partial charge in [0, 0.05) is 17.7 Å². The number of hydrogen-bond donors (Lipinski definition) is 3. The third-order valence-electron chi connectivity index (χ3n) is 3.56. The molecular weight excluding hydrogens is 345 g/mol. The van der Waals surface area contributed by atoms with Gasteiger partial charge in [-0.3, -0.25) is 4.79 Å². The van der Waals surface area contributed by atoms with Crippen LogP contribution >= 0.6 is 15.9 Å². The van der Waals surface area contributed by atoms with Crippen molar-refractivity contribution in [2.45, 2.75) is 12.8 Å². The fraction of sp³-hybridized carbons (Fsp3) is 0.385. The molecular formula is C13H15BrFN3O3. The topological polar surface area (TPSA) is 96.9 Å². The SMILES string of the molecule is N/C(=N/O)C1(C(=O)Nc2cc(F)ccc2Br)CCOCC1. The molecule has 0 aliphatic carbocycles. The minimum atomic E-state index is -1.15. The normalized spacial score (nSPS) is 18.3. The van der Waals surface area contributed by atoms with Gasteiger partial charge in [0.15, 0.2) is 5.84 Å². The Kier molecular flexibility index (Phi) is 4.79. The van der Waals surface area contributed by atoms with Gasteiger partial charge in [-0.05, 0) is 47.0 Å². The van der Waals surface area contributed by atoms with Crippen molar-refractivity contribution in [1.29, 1.82) is 0 Å². The molecule has 0 aromatic heterocycles. The van der Waals surface area contributed by atoms with E-state index in [0.29, 0.717) is 30.5 Å². The molecule has 1 aromatic rings. The third-order valence-corrected chi connectivity index (χ3v) is 4.25.